The van der Waals surface area contributed by atoms with E-state index in [1.165, 1.54) is 64.2 Å². The first-order valence-electron chi connectivity index (χ1n) is 13.3. The molecule has 0 aliphatic carbocycles. The second-order valence-electron chi connectivity index (χ2n) is 9.48. The summed E-state index contributed by atoms with van der Waals surface area (Å²) in [5, 5.41) is 22.0. The monoisotopic (exact) mass is 607 g/mol. The lowest BCUT2D eigenvalue weighted by molar-refractivity contribution is 0.0699. The fourth-order valence-corrected chi connectivity index (χ4v) is 4.42. The SMILES string of the molecule is Cc1c(C(=O)Nc2ccc(Oc3ncnc4cc(OCCOCCO)c(O)cc34)c(F)c2)c(=O)n(-c2ccc(F)cc2)n1C. The van der Waals surface area contributed by atoms with Crippen LogP contribution in [0.3, 0.4) is 0 Å². The second kappa shape index (κ2) is 12.9. The Morgan fingerprint density at radius 3 is 2.50 bits per heavy atom. The lowest BCUT2D eigenvalue weighted by Crippen LogP contribution is -2.25. The first-order valence-corrected chi connectivity index (χ1v) is 13.3. The highest BCUT2D eigenvalue weighted by Crippen LogP contribution is 2.36. The number of ether oxygens (including phenoxy) is 3. The quantitative estimate of drug-likeness (QED) is 0.190. The summed E-state index contributed by atoms with van der Waals surface area (Å²) >= 11 is 0. The fraction of sp³-hybridized carbons (Fsp3) is 0.200. The third-order valence-corrected chi connectivity index (χ3v) is 6.65. The number of carbonyl (C=O) groups is 1. The number of aromatic hydroxyl groups is 1. The van der Waals surface area contributed by atoms with E-state index in [1.54, 1.807) is 14.0 Å². The number of benzene rings is 3. The molecule has 44 heavy (non-hydrogen) atoms. The Labute approximate surface area is 248 Å². The van der Waals surface area contributed by atoms with E-state index >= 15 is 4.39 Å². The zero-order valence-corrected chi connectivity index (χ0v) is 23.6. The van der Waals surface area contributed by atoms with E-state index in [0.717, 1.165) is 6.07 Å². The molecule has 0 atom stereocenters. The van der Waals surface area contributed by atoms with E-state index in [9.17, 15) is 19.1 Å². The average molecular weight is 608 g/mol. The van der Waals surface area contributed by atoms with E-state index in [1.807, 2.05) is 0 Å². The van der Waals surface area contributed by atoms with Crippen molar-refractivity contribution in [2.45, 2.75) is 6.92 Å². The number of anilines is 1. The molecule has 3 aromatic carbocycles. The zero-order valence-electron chi connectivity index (χ0n) is 23.6. The Morgan fingerprint density at radius 1 is 1.00 bits per heavy atom. The molecule has 2 aromatic heterocycles. The van der Waals surface area contributed by atoms with Crippen molar-refractivity contribution in [1.82, 2.24) is 19.3 Å². The molecule has 5 rings (SSSR count). The summed E-state index contributed by atoms with van der Waals surface area (Å²) in [5.74, 6) is -2.42. The summed E-state index contributed by atoms with van der Waals surface area (Å²) in [6.07, 6.45) is 1.20. The first kappa shape index (κ1) is 30.1. The summed E-state index contributed by atoms with van der Waals surface area (Å²) in [4.78, 5) is 34.4. The molecule has 0 saturated heterocycles. The van der Waals surface area contributed by atoms with E-state index in [2.05, 4.69) is 15.3 Å². The number of aromatic nitrogens is 4. The minimum absolute atomic E-state index is 0.0416. The molecule has 0 unspecified atom stereocenters. The number of rotatable bonds is 11. The molecule has 2 heterocycles. The van der Waals surface area contributed by atoms with Crippen LogP contribution in [-0.2, 0) is 11.8 Å². The van der Waals surface area contributed by atoms with Gasteiger partial charge in [-0.3, -0.25) is 14.3 Å². The van der Waals surface area contributed by atoms with Crippen molar-refractivity contribution in [3.05, 3.63) is 94.2 Å². The van der Waals surface area contributed by atoms with Gasteiger partial charge in [0.05, 0.1) is 42.1 Å². The van der Waals surface area contributed by atoms with Crippen LogP contribution < -0.4 is 20.3 Å². The van der Waals surface area contributed by atoms with Crippen molar-refractivity contribution in [2.75, 3.05) is 31.7 Å². The topological polar surface area (TPSA) is 150 Å². The van der Waals surface area contributed by atoms with Gasteiger partial charge in [0.1, 0.15) is 24.3 Å². The van der Waals surface area contributed by atoms with Crippen LogP contribution in [0, 0.1) is 18.6 Å². The number of carbonyl (C=O) groups excluding carboxylic acids is 1. The van der Waals surface area contributed by atoms with Crippen LogP contribution in [0.25, 0.3) is 16.6 Å². The number of hydrogen-bond acceptors (Lipinski definition) is 9. The second-order valence-corrected chi connectivity index (χ2v) is 9.48. The smallest absolute Gasteiger partial charge is 0.284 e. The molecule has 3 N–H and O–H groups in total. The first-order chi connectivity index (χ1) is 21.2. The summed E-state index contributed by atoms with van der Waals surface area (Å²) < 4.78 is 47.5. The molecule has 0 radical (unpaired) electrons. The number of aliphatic hydroxyl groups is 1. The van der Waals surface area contributed by atoms with Crippen LogP contribution in [0.15, 0.2) is 65.7 Å². The minimum atomic E-state index is -0.838. The van der Waals surface area contributed by atoms with Gasteiger partial charge in [0, 0.05) is 24.9 Å². The molecule has 0 fully saturated rings. The molecule has 14 heteroatoms. The summed E-state index contributed by atoms with van der Waals surface area (Å²) in [6.45, 7) is 1.95. The Hall–Kier alpha value is -5.34. The van der Waals surface area contributed by atoms with Crippen molar-refractivity contribution >= 4 is 22.5 Å². The van der Waals surface area contributed by atoms with Gasteiger partial charge in [-0.15, -0.1) is 0 Å². The summed E-state index contributed by atoms with van der Waals surface area (Å²) in [7, 11) is 1.59. The van der Waals surface area contributed by atoms with E-state index in [4.69, 9.17) is 19.3 Å². The maximum Gasteiger partial charge on any atom is 0.284 e. The highest BCUT2D eigenvalue weighted by Gasteiger charge is 2.23. The van der Waals surface area contributed by atoms with Crippen LogP contribution in [0.1, 0.15) is 16.1 Å². The highest BCUT2D eigenvalue weighted by atomic mass is 19.1. The molecule has 0 aliphatic heterocycles. The molecule has 0 aliphatic rings. The Bertz CT molecular complexity index is 1890. The van der Waals surface area contributed by atoms with Crippen molar-refractivity contribution in [2.24, 2.45) is 7.05 Å². The predicted octanol–water partition coefficient (Wildman–Crippen LogP) is 3.84. The number of hydrogen-bond donors (Lipinski definition) is 3. The van der Waals surface area contributed by atoms with E-state index in [0.29, 0.717) is 16.9 Å². The van der Waals surface area contributed by atoms with Gasteiger partial charge in [0.25, 0.3) is 11.5 Å². The standard InChI is InChI=1S/C30H27F2N5O7/c1-17-27(30(41)37(36(17)2)20-6-3-18(31)4-7-20)28(40)35-19-5-8-25(22(32)13-19)44-29-21-14-24(39)26(15-23(21)33-16-34-29)43-12-11-42-10-9-38/h3-8,13-16,38-39H,9-12H2,1-2H3,(H,35,40). The lowest BCUT2D eigenvalue weighted by atomic mass is 10.2. The molecular weight excluding hydrogens is 580 g/mol. The highest BCUT2D eigenvalue weighted by molar-refractivity contribution is 6.05. The number of fused-ring (bicyclic) bond motifs is 1. The average Bonchev–Trinajstić information content (AvgIpc) is 3.22. The molecule has 1 amide bonds. The maximum atomic E-state index is 15.1. The van der Waals surface area contributed by atoms with Gasteiger partial charge in [-0.2, -0.15) is 0 Å². The third-order valence-electron chi connectivity index (χ3n) is 6.65. The summed E-state index contributed by atoms with van der Waals surface area (Å²) in [6, 6.07) is 11.7. The number of aliphatic hydroxyl groups excluding tert-OH is 1. The minimum Gasteiger partial charge on any atom is -0.504 e. The molecule has 0 spiro atoms. The van der Waals surface area contributed by atoms with Crippen LogP contribution in [-0.4, -0.2) is 61.9 Å². The van der Waals surface area contributed by atoms with Crippen LogP contribution in [0.4, 0.5) is 14.5 Å². The van der Waals surface area contributed by atoms with Crippen LogP contribution in [0.2, 0.25) is 0 Å². The Morgan fingerprint density at radius 2 is 1.77 bits per heavy atom. The zero-order chi connectivity index (χ0) is 31.4. The van der Waals surface area contributed by atoms with Gasteiger partial charge in [-0.05, 0) is 49.4 Å². The number of amides is 1. The van der Waals surface area contributed by atoms with Crippen LogP contribution in [0.5, 0.6) is 23.1 Å². The predicted molar refractivity (Wildman–Crippen MR) is 155 cm³/mol. The number of phenols is 1. The Kier molecular flexibility index (Phi) is 8.83. The molecule has 228 valence electrons. The number of nitrogens with one attached hydrogen (secondary N) is 1. The molecular formula is C30H27F2N5O7. The van der Waals surface area contributed by atoms with E-state index in [-0.39, 0.29) is 66.2 Å². The maximum absolute atomic E-state index is 15.1. The van der Waals surface area contributed by atoms with Gasteiger partial charge < -0.3 is 29.7 Å². The third kappa shape index (κ3) is 6.21. The van der Waals surface area contributed by atoms with Gasteiger partial charge in [-0.1, -0.05) is 0 Å². The van der Waals surface area contributed by atoms with Gasteiger partial charge in [-0.25, -0.2) is 23.4 Å². The molecule has 12 nitrogen and oxygen atoms in total. The van der Waals surface area contributed by atoms with Crippen molar-refractivity contribution in [3.8, 4) is 28.8 Å². The lowest BCUT2D eigenvalue weighted by Gasteiger charge is -2.12. The number of phenolic OH excluding ortho intramolecular Hbond substituents is 1. The Balaban J connectivity index is 1.33. The molecule has 5 aromatic rings. The molecule has 0 saturated carbocycles. The summed E-state index contributed by atoms with van der Waals surface area (Å²) in [5.41, 5.74) is 0.341. The van der Waals surface area contributed by atoms with Crippen molar-refractivity contribution < 1.29 is 38.0 Å². The van der Waals surface area contributed by atoms with Crippen LogP contribution >= 0.6 is 0 Å². The number of halogens is 2. The fourth-order valence-electron chi connectivity index (χ4n) is 4.42. The van der Waals surface area contributed by atoms with Crippen molar-refractivity contribution in [3.63, 3.8) is 0 Å². The largest absolute Gasteiger partial charge is 0.504 e. The van der Waals surface area contributed by atoms with Gasteiger partial charge in [0.2, 0.25) is 5.88 Å². The van der Waals surface area contributed by atoms with Crippen molar-refractivity contribution in [1.29, 1.82) is 0 Å². The van der Waals surface area contributed by atoms with Gasteiger partial charge in [0.15, 0.2) is 23.1 Å². The number of nitrogens with zero attached hydrogens (tertiary/aromatic N) is 4. The molecule has 0 bridgehead atoms. The normalized spacial score (nSPS) is 11.1. The van der Waals surface area contributed by atoms with E-state index < -0.39 is 23.1 Å². The van der Waals surface area contributed by atoms with Gasteiger partial charge >= 0.3 is 0 Å².